The van der Waals surface area contributed by atoms with Crippen LogP contribution in [0.4, 0.5) is 17.3 Å². The first-order valence-electron chi connectivity index (χ1n) is 11.0. The zero-order chi connectivity index (χ0) is 26.4. The molecule has 0 aliphatic carbocycles. The van der Waals surface area contributed by atoms with Crippen LogP contribution in [-0.4, -0.2) is 37.9 Å². The second-order valence-electron chi connectivity index (χ2n) is 7.68. The third kappa shape index (κ3) is 6.06. The first kappa shape index (κ1) is 25.7. The fourth-order valence-corrected chi connectivity index (χ4v) is 4.56. The van der Waals surface area contributed by atoms with Gasteiger partial charge in [-0.2, -0.15) is 5.26 Å². The fraction of sp³-hybridized carbons (Fsp3) is 0.120. The molecule has 12 heteroatoms. The maximum absolute atomic E-state index is 13.3. The van der Waals surface area contributed by atoms with Crippen LogP contribution >= 0.6 is 11.6 Å². The third-order valence-electron chi connectivity index (χ3n) is 5.16. The number of carbonyl (C=O) groups is 1. The van der Waals surface area contributed by atoms with Crippen molar-refractivity contribution in [1.29, 1.82) is 5.26 Å². The molecule has 0 atom stereocenters. The zero-order valence-electron chi connectivity index (χ0n) is 19.5. The topological polar surface area (TPSA) is 146 Å². The van der Waals surface area contributed by atoms with E-state index in [0.29, 0.717) is 27.5 Å². The number of ether oxygens (including phenoxy) is 1. The molecule has 0 aliphatic heterocycles. The average molecular weight is 537 g/mol. The number of anilines is 3. The van der Waals surface area contributed by atoms with Crippen LogP contribution in [-0.2, 0) is 10.0 Å². The summed E-state index contributed by atoms with van der Waals surface area (Å²) in [5.41, 5.74) is 1.56. The molecule has 4 aromatic rings. The van der Waals surface area contributed by atoms with E-state index in [9.17, 15) is 13.2 Å². The molecule has 0 saturated carbocycles. The Morgan fingerprint density at radius 2 is 1.76 bits per heavy atom. The molecule has 0 radical (unpaired) electrons. The van der Waals surface area contributed by atoms with Gasteiger partial charge in [-0.3, -0.25) is 9.52 Å². The minimum absolute atomic E-state index is 0.0681. The van der Waals surface area contributed by atoms with Crippen molar-refractivity contribution in [3.05, 3.63) is 77.3 Å². The van der Waals surface area contributed by atoms with Gasteiger partial charge in [-0.05, 0) is 42.5 Å². The van der Waals surface area contributed by atoms with Gasteiger partial charge in [0, 0.05) is 18.2 Å². The van der Waals surface area contributed by atoms with Crippen LogP contribution in [0.3, 0.4) is 0 Å². The van der Waals surface area contributed by atoms with Crippen molar-refractivity contribution < 1.29 is 17.9 Å². The van der Waals surface area contributed by atoms with E-state index >= 15 is 0 Å². The Hall–Kier alpha value is -4.40. The van der Waals surface area contributed by atoms with Gasteiger partial charge in [0.25, 0.3) is 15.9 Å². The Labute approximate surface area is 218 Å². The van der Waals surface area contributed by atoms with Gasteiger partial charge in [-0.1, -0.05) is 29.8 Å². The Kier molecular flexibility index (Phi) is 7.71. The zero-order valence-corrected chi connectivity index (χ0v) is 21.1. The van der Waals surface area contributed by atoms with E-state index in [4.69, 9.17) is 21.6 Å². The monoisotopic (exact) mass is 536 g/mol. The van der Waals surface area contributed by atoms with Gasteiger partial charge in [0.05, 0.1) is 46.2 Å². The number of methoxy groups -OCH3 is 1. The number of nitrogens with one attached hydrogen (secondary N) is 3. The molecule has 0 aliphatic rings. The van der Waals surface area contributed by atoms with Crippen molar-refractivity contribution in [3.8, 4) is 11.8 Å². The van der Waals surface area contributed by atoms with Crippen molar-refractivity contribution in [3.63, 3.8) is 0 Å². The molecule has 1 heterocycles. The lowest BCUT2D eigenvalue weighted by Crippen LogP contribution is -2.24. The number of halogens is 1. The van der Waals surface area contributed by atoms with Gasteiger partial charge in [0.1, 0.15) is 5.75 Å². The SMILES string of the molecule is COc1ccc(Cl)c(Nc2nc3ccccc3nc2NS(=O)(=O)c2cccc(C(=O)NCCC#N)c2)c1. The third-order valence-corrected chi connectivity index (χ3v) is 6.82. The molecule has 3 N–H and O–H groups in total. The summed E-state index contributed by atoms with van der Waals surface area (Å²) in [6, 6.07) is 19.4. The minimum atomic E-state index is -4.18. The van der Waals surface area contributed by atoms with Crippen molar-refractivity contribution in [2.45, 2.75) is 11.3 Å². The summed E-state index contributed by atoms with van der Waals surface area (Å²) in [5, 5.41) is 14.6. The van der Waals surface area contributed by atoms with Gasteiger partial charge in [0.2, 0.25) is 0 Å². The summed E-state index contributed by atoms with van der Waals surface area (Å²) < 4.78 is 34.4. The van der Waals surface area contributed by atoms with Crippen molar-refractivity contribution >= 4 is 55.9 Å². The number of benzene rings is 3. The number of hydrogen-bond donors (Lipinski definition) is 3. The molecule has 0 fully saturated rings. The number of sulfonamides is 1. The van der Waals surface area contributed by atoms with E-state index in [1.54, 1.807) is 42.5 Å². The van der Waals surface area contributed by atoms with E-state index in [2.05, 4.69) is 25.3 Å². The average Bonchev–Trinajstić information content (AvgIpc) is 2.90. The maximum Gasteiger partial charge on any atom is 0.263 e. The first-order chi connectivity index (χ1) is 17.8. The number of amides is 1. The second-order valence-corrected chi connectivity index (χ2v) is 9.77. The first-order valence-corrected chi connectivity index (χ1v) is 12.8. The van der Waals surface area contributed by atoms with Crippen LogP contribution < -0.4 is 20.1 Å². The van der Waals surface area contributed by atoms with Crippen LogP contribution in [0, 0.1) is 11.3 Å². The van der Waals surface area contributed by atoms with Crippen molar-refractivity contribution in [2.24, 2.45) is 0 Å². The molecule has 0 saturated heterocycles. The summed E-state index contributed by atoms with van der Waals surface area (Å²) in [6.07, 6.45) is 0.138. The highest BCUT2D eigenvalue weighted by molar-refractivity contribution is 7.92. The molecule has 188 valence electrons. The van der Waals surface area contributed by atoms with Gasteiger partial charge in [-0.25, -0.2) is 18.4 Å². The van der Waals surface area contributed by atoms with E-state index in [1.807, 2.05) is 6.07 Å². The summed E-state index contributed by atoms with van der Waals surface area (Å²) in [7, 11) is -2.67. The summed E-state index contributed by atoms with van der Waals surface area (Å²) in [5.74, 6) is 0.0877. The van der Waals surface area contributed by atoms with Gasteiger partial charge in [-0.15, -0.1) is 0 Å². The van der Waals surface area contributed by atoms with Crippen LogP contribution in [0.2, 0.25) is 5.02 Å². The van der Waals surface area contributed by atoms with Crippen LogP contribution in [0.5, 0.6) is 5.75 Å². The Bertz CT molecular complexity index is 1620. The highest BCUT2D eigenvalue weighted by atomic mass is 35.5. The number of aromatic nitrogens is 2. The largest absolute Gasteiger partial charge is 0.497 e. The molecular formula is C25H21ClN6O4S. The van der Waals surface area contributed by atoms with Gasteiger partial charge < -0.3 is 15.4 Å². The molecule has 3 aromatic carbocycles. The molecule has 1 amide bonds. The van der Waals surface area contributed by atoms with E-state index in [0.717, 1.165) is 0 Å². The fourth-order valence-electron chi connectivity index (χ4n) is 3.34. The normalized spacial score (nSPS) is 10.9. The number of nitriles is 1. The number of para-hydroxylation sites is 2. The predicted octanol–water partition coefficient (Wildman–Crippen LogP) is 4.48. The molecule has 1 aromatic heterocycles. The summed E-state index contributed by atoms with van der Waals surface area (Å²) in [6.45, 7) is 0.152. The standard InChI is InChI=1S/C25H21ClN6O4S/c1-36-17-10-11-19(26)22(15-17)31-23-24(30-21-9-3-2-8-20(21)29-23)32-37(34,35)18-7-4-6-16(14-18)25(33)28-13-5-12-27/h2-4,6-11,14-15H,5,13H2,1H3,(H,28,33)(H,29,31)(H,30,32). The smallest absolute Gasteiger partial charge is 0.263 e. The number of fused-ring (bicyclic) bond motifs is 1. The van der Waals surface area contributed by atoms with Crippen LogP contribution in [0.25, 0.3) is 11.0 Å². The second kappa shape index (κ2) is 11.1. The Morgan fingerprint density at radius 1 is 1.03 bits per heavy atom. The summed E-state index contributed by atoms with van der Waals surface area (Å²) in [4.78, 5) is 21.2. The van der Waals surface area contributed by atoms with E-state index in [-0.39, 0.29) is 35.1 Å². The highest BCUT2D eigenvalue weighted by Gasteiger charge is 2.21. The molecule has 37 heavy (non-hydrogen) atoms. The number of carbonyl (C=O) groups excluding carboxylic acids is 1. The number of hydrogen-bond acceptors (Lipinski definition) is 8. The molecule has 10 nitrogen and oxygen atoms in total. The quantitative estimate of drug-likeness (QED) is 0.265. The van der Waals surface area contributed by atoms with Crippen molar-refractivity contribution in [2.75, 3.05) is 23.7 Å². The molecule has 0 spiro atoms. The van der Waals surface area contributed by atoms with Crippen molar-refractivity contribution in [1.82, 2.24) is 15.3 Å². The lowest BCUT2D eigenvalue weighted by Gasteiger charge is -2.15. The maximum atomic E-state index is 13.3. The number of rotatable bonds is 9. The highest BCUT2D eigenvalue weighted by Crippen LogP contribution is 2.32. The van der Waals surface area contributed by atoms with Crippen LogP contribution in [0.1, 0.15) is 16.8 Å². The Balaban J connectivity index is 1.70. The van der Waals surface area contributed by atoms with E-state index in [1.165, 1.54) is 31.4 Å². The van der Waals surface area contributed by atoms with Gasteiger partial charge >= 0.3 is 0 Å². The molecule has 4 rings (SSSR count). The van der Waals surface area contributed by atoms with Gasteiger partial charge in [0.15, 0.2) is 11.6 Å². The number of nitrogens with zero attached hydrogens (tertiary/aromatic N) is 3. The lowest BCUT2D eigenvalue weighted by molar-refractivity contribution is 0.0954. The summed E-state index contributed by atoms with van der Waals surface area (Å²) >= 11 is 6.33. The molecular weight excluding hydrogens is 516 g/mol. The molecule has 0 bridgehead atoms. The minimum Gasteiger partial charge on any atom is -0.497 e. The van der Waals surface area contributed by atoms with Crippen LogP contribution in [0.15, 0.2) is 71.6 Å². The lowest BCUT2D eigenvalue weighted by atomic mass is 10.2. The van der Waals surface area contributed by atoms with E-state index < -0.39 is 15.9 Å². The predicted molar refractivity (Wildman–Crippen MR) is 141 cm³/mol. The Morgan fingerprint density at radius 3 is 2.46 bits per heavy atom. The molecule has 0 unspecified atom stereocenters.